The molecule has 0 spiro atoms. The number of Topliss-reactive ketones (excluding diaryl/α,β-unsaturated/α-hetero) is 1. The minimum Gasteiger partial charge on any atom is -0.406 e. The van der Waals surface area contributed by atoms with Gasteiger partial charge in [-0.1, -0.05) is 42.5 Å². The van der Waals surface area contributed by atoms with E-state index in [0.29, 0.717) is 11.1 Å². The summed E-state index contributed by atoms with van der Waals surface area (Å²) in [5.41, 5.74) is 1.22. The van der Waals surface area contributed by atoms with E-state index >= 15 is 0 Å². The number of halogens is 3. The lowest BCUT2D eigenvalue weighted by molar-refractivity contribution is -0.274. The van der Waals surface area contributed by atoms with Gasteiger partial charge in [0.2, 0.25) is 5.91 Å². The topological polar surface area (TPSA) is 46.6 Å². The molecule has 0 bridgehead atoms. The first-order valence-corrected chi connectivity index (χ1v) is 7.91. The van der Waals surface area contributed by atoms with Crippen molar-refractivity contribution in [3.63, 3.8) is 0 Å². The smallest absolute Gasteiger partial charge is 0.406 e. The summed E-state index contributed by atoms with van der Waals surface area (Å²) >= 11 is 0. The Kier molecular flexibility index (Phi) is 6.38. The number of carbonyl (C=O) groups excluding carboxylic acids is 2. The van der Waals surface area contributed by atoms with Gasteiger partial charge in [-0.05, 0) is 17.7 Å². The maximum atomic E-state index is 12.1. The van der Waals surface area contributed by atoms with Crippen LogP contribution in [0.1, 0.15) is 28.8 Å². The average molecular weight is 365 g/mol. The molecule has 0 unspecified atom stereocenters. The molecule has 0 fully saturated rings. The van der Waals surface area contributed by atoms with E-state index in [1.807, 2.05) is 0 Å². The first-order chi connectivity index (χ1) is 12.2. The van der Waals surface area contributed by atoms with Crippen LogP contribution in [0.4, 0.5) is 13.2 Å². The summed E-state index contributed by atoms with van der Waals surface area (Å²) in [6, 6.07) is 14.0. The molecule has 7 heteroatoms. The van der Waals surface area contributed by atoms with Gasteiger partial charge in [-0.25, -0.2) is 0 Å². The molecule has 2 aromatic rings. The Hall–Kier alpha value is -2.83. The quantitative estimate of drug-likeness (QED) is 0.691. The van der Waals surface area contributed by atoms with Gasteiger partial charge >= 0.3 is 6.36 Å². The molecule has 0 heterocycles. The molecule has 0 aliphatic heterocycles. The molecule has 0 atom stereocenters. The second-order valence-corrected chi connectivity index (χ2v) is 5.73. The van der Waals surface area contributed by atoms with Crippen LogP contribution < -0.4 is 4.74 Å². The predicted molar refractivity (Wildman–Crippen MR) is 89.6 cm³/mol. The number of hydrogen-bond donors (Lipinski definition) is 0. The van der Waals surface area contributed by atoms with Gasteiger partial charge in [0.25, 0.3) is 0 Å². The summed E-state index contributed by atoms with van der Waals surface area (Å²) in [5, 5.41) is 0. The number of alkyl halides is 3. The molecule has 26 heavy (non-hydrogen) atoms. The summed E-state index contributed by atoms with van der Waals surface area (Å²) in [7, 11) is 1.58. The Balaban J connectivity index is 1.84. The van der Waals surface area contributed by atoms with E-state index < -0.39 is 6.36 Å². The van der Waals surface area contributed by atoms with Gasteiger partial charge in [0.1, 0.15) is 5.75 Å². The van der Waals surface area contributed by atoms with Crippen molar-refractivity contribution in [1.82, 2.24) is 4.90 Å². The molecule has 2 aromatic carbocycles. The summed E-state index contributed by atoms with van der Waals surface area (Å²) in [5.74, 6) is -0.644. The summed E-state index contributed by atoms with van der Waals surface area (Å²) < 4.78 is 40.2. The Morgan fingerprint density at radius 1 is 0.962 bits per heavy atom. The highest BCUT2D eigenvalue weighted by Crippen LogP contribution is 2.23. The first kappa shape index (κ1) is 19.5. The van der Waals surface area contributed by atoms with Crippen molar-refractivity contribution in [2.24, 2.45) is 0 Å². The van der Waals surface area contributed by atoms with Gasteiger partial charge in [-0.15, -0.1) is 13.2 Å². The Morgan fingerprint density at radius 2 is 1.58 bits per heavy atom. The molecule has 0 aliphatic rings. The lowest BCUT2D eigenvalue weighted by Gasteiger charge is -2.17. The van der Waals surface area contributed by atoms with E-state index in [1.165, 1.54) is 29.2 Å². The number of rotatable bonds is 7. The minimum atomic E-state index is -4.74. The summed E-state index contributed by atoms with van der Waals surface area (Å²) in [4.78, 5) is 25.6. The van der Waals surface area contributed by atoms with Crippen LogP contribution in [0.3, 0.4) is 0 Å². The van der Waals surface area contributed by atoms with Crippen LogP contribution in [0.25, 0.3) is 0 Å². The van der Waals surface area contributed by atoms with Crippen LogP contribution in [0, 0.1) is 0 Å². The van der Waals surface area contributed by atoms with E-state index in [-0.39, 0.29) is 36.8 Å². The van der Waals surface area contributed by atoms with Crippen LogP contribution in [0.15, 0.2) is 54.6 Å². The normalized spacial score (nSPS) is 11.1. The summed E-state index contributed by atoms with van der Waals surface area (Å²) in [6.45, 7) is 0.227. The molecule has 0 aliphatic carbocycles. The number of amides is 1. The largest absolute Gasteiger partial charge is 0.573 e. The van der Waals surface area contributed by atoms with Gasteiger partial charge < -0.3 is 9.64 Å². The molecule has 1 amide bonds. The highest BCUT2D eigenvalue weighted by atomic mass is 19.4. The van der Waals surface area contributed by atoms with Crippen molar-refractivity contribution in [3.05, 3.63) is 65.7 Å². The molecule has 2 rings (SSSR count). The molecule has 0 radical (unpaired) electrons. The maximum absolute atomic E-state index is 12.1. The fourth-order valence-corrected chi connectivity index (χ4v) is 2.34. The van der Waals surface area contributed by atoms with Crippen LogP contribution in [0.5, 0.6) is 5.75 Å². The number of hydrogen-bond acceptors (Lipinski definition) is 3. The third kappa shape index (κ3) is 6.23. The molecular formula is C19H18F3NO3. The van der Waals surface area contributed by atoms with E-state index in [0.717, 1.165) is 0 Å². The second kappa shape index (κ2) is 8.51. The molecule has 0 aromatic heterocycles. The molecule has 138 valence electrons. The highest BCUT2D eigenvalue weighted by molar-refractivity contribution is 5.97. The molecular weight excluding hydrogens is 347 g/mol. The van der Waals surface area contributed by atoms with Crippen molar-refractivity contribution in [1.29, 1.82) is 0 Å². The lowest BCUT2D eigenvalue weighted by Crippen LogP contribution is -2.26. The zero-order valence-electron chi connectivity index (χ0n) is 14.1. The van der Waals surface area contributed by atoms with E-state index in [9.17, 15) is 22.8 Å². The van der Waals surface area contributed by atoms with Crippen molar-refractivity contribution >= 4 is 11.7 Å². The highest BCUT2D eigenvalue weighted by Gasteiger charge is 2.30. The number of carbonyl (C=O) groups is 2. The third-order valence-electron chi connectivity index (χ3n) is 3.66. The van der Waals surface area contributed by atoms with Crippen molar-refractivity contribution in [3.8, 4) is 5.75 Å². The van der Waals surface area contributed by atoms with Crippen LogP contribution in [0.2, 0.25) is 0 Å². The fraction of sp³-hybridized carbons (Fsp3) is 0.263. The van der Waals surface area contributed by atoms with Crippen molar-refractivity contribution in [2.75, 3.05) is 7.05 Å². The Morgan fingerprint density at radius 3 is 2.15 bits per heavy atom. The molecule has 0 saturated heterocycles. The Labute approximate surface area is 149 Å². The van der Waals surface area contributed by atoms with Gasteiger partial charge in [0.05, 0.1) is 0 Å². The van der Waals surface area contributed by atoms with E-state index in [2.05, 4.69) is 4.74 Å². The molecule has 0 N–H and O–H groups in total. The predicted octanol–water partition coefficient (Wildman–Crippen LogP) is 4.21. The third-order valence-corrected chi connectivity index (χ3v) is 3.66. The van der Waals surface area contributed by atoms with Crippen molar-refractivity contribution < 1.29 is 27.5 Å². The van der Waals surface area contributed by atoms with Crippen LogP contribution in [-0.4, -0.2) is 30.0 Å². The number of ether oxygens (including phenoxy) is 1. The fourth-order valence-electron chi connectivity index (χ4n) is 2.34. The minimum absolute atomic E-state index is 0.0689. The SMILES string of the molecule is CN(Cc1ccc(OC(F)(F)F)cc1)C(=O)CCC(=O)c1ccccc1. The number of benzene rings is 2. The zero-order valence-corrected chi connectivity index (χ0v) is 14.1. The van der Waals surface area contributed by atoms with Crippen LogP contribution >= 0.6 is 0 Å². The standard InChI is InChI=1S/C19H18F3NO3/c1-23(13-14-7-9-16(10-8-14)26-19(20,21)22)18(25)12-11-17(24)15-5-3-2-4-6-15/h2-10H,11-13H2,1H3. The van der Waals surface area contributed by atoms with Gasteiger partial charge in [-0.3, -0.25) is 9.59 Å². The molecule has 4 nitrogen and oxygen atoms in total. The monoisotopic (exact) mass is 365 g/mol. The van der Waals surface area contributed by atoms with Gasteiger partial charge in [-0.2, -0.15) is 0 Å². The zero-order chi connectivity index (χ0) is 19.2. The van der Waals surface area contributed by atoms with E-state index in [1.54, 1.807) is 37.4 Å². The first-order valence-electron chi connectivity index (χ1n) is 7.91. The number of ketones is 1. The number of nitrogens with zero attached hydrogens (tertiary/aromatic N) is 1. The maximum Gasteiger partial charge on any atom is 0.573 e. The van der Waals surface area contributed by atoms with Crippen LogP contribution in [-0.2, 0) is 11.3 Å². The lowest BCUT2D eigenvalue weighted by atomic mass is 10.1. The molecule has 0 saturated carbocycles. The summed E-state index contributed by atoms with van der Waals surface area (Å²) in [6.07, 6.45) is -4.56. The van der Waals surface area contributed by atoms with Gasteiger partial charge in [0.15, 0.2) is 5.78 Å². The average Bonchev–Trinajstić information content (AvgIpc) is 2.60. The van der Waals surface area contributed by atoms with E-state index in [4.69, 9.17) is 0 Å². The van der Waals surface area contributed by atoms with Gasteiger partial charge in [0, 0.05) is 32.0 Å². The van der Waals surface area contributed by atoms with Crippen molar-refractivity contribution in [2.45, 2.75) is 25.7 Å². The Bertz CT molecular complexity index is 743. The second-order valence-electron chi connectivity index (χ2n) is 5.73.